The summed E-state index contributed by atoms with van der Waals surface area (Å²) >= 11 is 0. The van der Waals surface area contributed by atoms with E-state index in [9.17, 15) is 0 Å². The number of hydrogen-bond donors (Lipinski definition) is 0. The lowest BCUT2D eigenvalue weighted by atomic mass is 10.1. The van der Waals surface area contributed by atoms with Crippen LogP contribution in [0.5, 0.6) is 0 Å². The molecular formula is C11H22N2. The second-order valence-corrected chi connectivity index (χ2v) is 4.81. The molecule has 1 aliphatic heterocycles. The van der Waals surface area contributed by atoms with E-state index in [1.807, 2.05) is 0 Å². The van der Waals surface area contributed by atoms with E-state index >= 15 is 0 Å². The largest absolute Gasteiger partial charge is 0.356 e. The Hall–Kier alpha value is -0.530. The Morgan fingerprint density at radius 3 is 2.54 bits per heavy atom. The van der Waals surface area contributed by atoms with Crippen molar-refractivity contribution in [3.8, 4) is 0 Å². The zero-order valence-electron chi connectivity index (χ0n) is 9.59. The van der Waals surface area contributed by atoms with E-state index < -0.39 is 0 Å². The summed E-state index contributed by atoms with van der Waals surface area (Å²) in [6, 6.07) is 0.590. The first kappa shape index (κ1) is 10.6. The molecule has 0 aromatic rings. The molecule has 2 nitrogen and oxygen atoms in total. The Bertz CT molecular complexity index is 204. The van der Waals surface area contributed by atoms with E-state index in [1.165, 1.54) is 12.3 Å². The predicted molar refractivity (Wildman–Crippen MR) is 58.3 cm³/mol. The van der Waals surface area contributed by atoms with E-state index in [1.54, 1.807) is 0 Å². The summed E-state index contributed by atoms with van der Waals surface area (Å²) in [6.07, 6.45) is 2.32. The average molecular weight is 182 g/mol. The molecule has 0 saturated heterocycles. The molecule has 1 heterocycles. The smallest absolute Gasteiger partial charge is 0.0999 e. The second kappa shape index (κ2) is 3.69. The van der Waals surface area contributed by atoms with Crippen molar-refractivity contribution in [2.75, 3.05) is 6.54 Å². The summed E-state index contributed by atoms with van der Waals surface area (Å²) in [5.74, 6) is 1.31. The lowest BCUT2D eigenvalue weighted by Crippen LogP contribution is -2.37. The molecule has 0 N–H and O–H groups in total. The highest BCUT2D eigenvalue weighted by atomic mass is 15.3. The van der Waals surface area contributed by atoms with Gasteiger partial charge in [-0.2, -0.15) is 0 Å². The maximum absolute atomic E-state index is 4.76. The van der Waals surface area contributed by atoms with Crippen LogP contribution in [0, 0.1) is 0 Å². The topological polar surface area (TPSA) is 15.6 Å². The SMILES string of the molecule is CCCC1=NC(C)(C)CN1C(C)C. The van der Waals surface area contributed by atoms with E-state index in [-0.39, 0.29) is 5.54 Å². The molecule has 0 spiro atoms. The maximum Gasteiger partial charge on any atom is 0.0999 e. The van der Waals surface area contributed by atoms with Crippen molar-refractivity contribution >= 4 is 5.84 Å². The van der Waals surface area contributed by atoms with Gasteiger partial charge in [0.15, 0.2) is 0 Å². The fourth-order valence-corrected chi connectivity index (χ4v) is 1.86. The molecule has 0 saturated carbocycles. The summed E-state index contributed by atoms with van der Waals surface area (Å²) in [5, 5.41) is 0. The first-order valence-electron chi connectivity index (χ1n) is 5.31. The van der Waals surface area contributed by atoms with Crippen LogP contribution in [0.15, 0.2) is 4.99 Å². The van der Waals surface area contributed by atoms with Crippen LogP contribution in [0.4, 0.5) is 0 Å². The average Bonchev–Trinajstić information content (AvgIpc) is 2.26. The normalized spacial score (nSPS) is 21.1. The predicted octanol–water partition coefficient (Wildman–Crippen LogP) is 2.69. The number of rotatable bonds is 3. The van der Waals surface area contributed by atoms with Gasteiger partial charge in [0.1, 0.15) is 0 Å². The van der Waals surface area contributed by atoms with Crippen molar-refractivity contribution in [2.45, 2.75) is 59.0 Å². The van der Waals surface area contributed by atoms with Crippen molar-refractivity contribution < 1.29 is 0 Å². The fraction of sp³-hybridized carbons (Fsp3) is 0.909. The van der Waals surface area contributed by atoms with Gasteiger partial charge in [0.25, 0.3) is 0 Å². The fourth-order valence-electron chi connectivity index (χ4n) is 1.86. The molecule has 0 aliphatic carbocycles. The van der Waals surface area contributed by atoms with E-state index in [0.717, 1.165) is 13.0 Å². The van der Waals surface area contributed by atoms with E-state index in [4.69, 9.17) is 4.99 Å². The standard InChI is InChI=1S/C11H22N2/c1-6-7-10-12-11(4,5)8-13(10)9(2)3/h9H,6-8H2,1-5H3. The van der Waals surface area contributed by atoms with Gasteiger partial charge >= 0.3 is 0 Å². The molecule has 0 aromatic heterocycles. The minimum Gasteiger partial charge on any atom is -0.356 e. The number of amidine groups is 1. The third kappa shape index (κ3) is 2.45. The Kier molecular flexibility index (Phi) is 2.99. The van der Waals surface area contributed by atoms with Crippen LogP contribution in [0.25, 0.3) is 0 Å². The molecule has 76 valence electrons. The van der Waals surface area contributed by atoms with Gasteiger partial charge in [-0.05, 0) is 34.1 Å². The van der Waals surface area contributed by atoms with Crippen molar-refractivity contribution in [2.24, 2.45) is 4.99 Å². The highest BCUT2D eigenvalue weighted by molar-refractivity contribution is 5.84. The van der Waals surface area contributed by atoms with Gasteiger partial charge in [0, 0.05) is 19.0 Å². The minimum absolute atomic E-state index is 0.134. The van der Waals surface area contributed by atoms with Crippen molar-refractivity contribution in [3.05, 3.63) is 0 Å². The maximum atomic E-state index is 4.76. The van der Waals surface area contributed by atoms with Crippen LogP contribution >= 0.6 is 0 Å². The van der Waals surface area contributed by atoms with Crippen LogP contribution in [-0.2, 0) is 0 Å². The number of aliphatic imine (C=N–C) groups is 1. The molecule has 1 rings (SSSR count). The molecule has 0 fully saturated rings. The summed E-state index contributed by atoms with van der Waals surface area (Å²) in [7, 11) is 0. The first-order valence-corrected chi connectivity index (χ1v) is 5.31. The molecule has 0 aromatic carbocycles. The Labute approximate surface area is 82.0 Å². The molecule has 0 unspecified atom stereocenters. The summed E-state index contributed by atoms with van der Waals surface area (Å²) in [6.45, 7) is 12.2. The second-order valence-electron chi connectivity index (χ2n) is 4.81. The Balaban J connectivity index is 2.74. The highest BCUT2D eigenvalue weighted by Crippen LogP contribution is 2.23. The molecule has 13 heavy (non-hydrogen) atoms. The van der Waals surface area contributed by atoms with Crippen LogP contribution in [-0.4, -0.2) is 28.9 Å². The molecule has 0 bridgehead atoms. The van der Waals surface area contributed by atoms with Gasteiger partial charge in [0.05, 0.1) is 11.4 Å². The van der Waals surface area contributed by atoms with Crippen molar-refractivity contribution in [1.82, 2.24) is 4.90 Å². The Morgan fingerprint density at radius 1 is 1.46 bits per heavy atom. The van der Waals surface area contributed by atoms with Gasteiger partial charge in [-0.15, -0.1) is 0 Å². The molecule has 1 aliphatic rings. The lowest BCUT2D eigenvalue weighted by molar-refractivity contribution is 0.320. The van der Waals surface area contributed by atoms with Crippen LogP contribution in [0.2, 0.25) is 0 Å². The third-order valence-corrected chi connectivity index (χ3v) is 2.42. The van der Waals surface area contributed by atoms with E-state index in [0.29, 0.717) is 6.04 Å². The molecular weight excluding hydrogens is 160 g/mol. The first-order chi connectivity index (χ1) is 5.96. The minimum atomic E-state index is 0.134. The molecule has 0 radical (unpaired) electrons. The van der Waals surface area contributed by atoms with Crippen LogP contribution in [0.1, 0.15) is 47.5 Å². The lowest BCUT2D eigenvalue weighted by Gasteiger charge is -2.26. The van der Waals surface area contributed by atoms with E-state index in [2.05, 4.69) is 39.5 Å². The zero-order valence-corrected chi connectivity index (χ0v) is 9.59. The molecule has 2 heteroatoms. The van der Waals surface area contributed by atoms with Gasteiger partial charge < -0.3 is 4.90 Å². The highest BCUT2D eigenvalue weighted by Gasteiger charge is 2.31. The summed E-state index contributed by atoms with van der Waals surface area (Å²) < 4.78 is 0. The van der Waals surface area contributed by atoms with Gasteiger partial charge in [-0.25, -0.2) is 0 Å². The molecule has 0 amide bonds. The summed E-state index contributed by atoms with van der Waals surface area (Å²) in [5.41, 5.74) is 0.134. The number of nitrogens with zero attached hydrogens (tertiary/aromatic N) is 2. The zero-order chi connectivity index (χ0) is 10.1. The van der Waals surface area contributed by atoms with Crippen LogP contribution in [0.3, 0.4) is 0 Å². The van der Waals surface area contributed by atoms with Gasteiger partial charge in [0.2, 0.25) is 0 Å². The van der Waals surface area contributed by atoms with Gasteiger partial charge in [-0.3, -0.25) is 4.99 Å². The monoisotopic (exact) mass is 182 g/mol. The van der Waals surface area contributed by atoms with Gasteiger partial charge in [-0.1, -0.05) is 6.92 Å². The Morgan fingerprint density at radius 2 is 2.08 bits per heavy atom. The quantitative estimate of drug-likeness (QED) is 0.655. The molecule has 0 atom stereocenters. The number of hydrogen-bond acceptors (Lipinski definition) is 2. The van der Waals surface area contributed by atoms with Crippen LogP contribution < -0.4 is 0 Å². The third-order valence-electron chi connectivity index (χ3n) is 2.42. The van der Waals surface area contributed by atoms with Crippen molar-refractivity contribution in [3.63, 3.8) is 0 Å². The summed E-state index contributed by atoms with van der Waals surface area (Å²) in [4.78, 5) is 7.19. The van der Waals surface area contributed by atoms with Crippen molar-refractivity contribution in [1.29, 1.82) is 0 Å².